The molecule has 0 spiro atoms. The number of primary amides is 1. The first-order valence-electron chi connectivity index (χ1n) is 7.92. The monoisotopic (exact) mass is 295 g/mol. The fourth-order valence-corrected chi connectivity index (χ4v) is 3.29. The lowest BCUT2D eigenvalue weighted by atomic mass is 9.81. The van der Waals surface area contributed by atoms with Gasteiger partial charge in [-0.05, 0) is 25.7 Å². The topological polar surface area (TPSA) is 92.5 Å². The van der Waals surface area contributed by atoms with Crippen LogP contribution < -0.4 is 11.1 Å². The number of likely N-dealkylation sites (tertiary alicyclic amines) is 1. The molecule has 0 unspecified atom stereocenters. The molecule has 1 aliphatic carbocycles. The highest BCUT2D eigenvalue weighted by Crippen LogP contribution is 2.28. The van der Waals surface area contributed by atoms with Crippen molar-refractivity contribution in [2.24, 2.45) is 5.73 Å². The molecular weight excluding hydrogens is 270 g/mol. The van der Waals surface area contributed by atoms with Crippen LogP contribution in [0.25, 0.3) is 0 Å². The van der Waals surface area contributed by atoms with Crippen LogP contribution in [0.5, 0.6) is 0 Å². The second-order valence-corrected chi connectivity index (χ2v) is 6.14. The molecule has 6 nitrogen and oxygen atoms in total. The zero-order valence-electron chi connectivity index (χ0n) is 12.5. The summed E-state index contributed by atoms with van der Waals surface area (Å²) < 4.78 is 0. The van der Waals surface area contributed by atoms with E-state index >= 15 is 0 Å². The minimum Gasteiger partial charge on any atom is -0.368 e. The summed E-state index contributed by atoms with van der Waals surface area (Å²) in [6.07, 6.45) is 6.70. The van der Waals surface area contributed by atoms with Gasteiger partial charge in [-0.15, -0.1) is 0 Å². The smallest absolute Gasteiger partial charge is 0.243 e. The summed E-state index contributed by atoms with van der Waals surface area (Å²) in [5.74, 6) is -0.385. The Morgan fingerprint density at radius 3 is 2.48 bits per heavy atom. The Bertz CT molecular complexity index is 416. The van der Waals surface area contributed by atoms with Crippen LogP contribution in [0.2, 0.25) is 0 Å². The molecule has 21 heavy (non-hydrogen) atoms. The van der Waals surface area contributed by atoms with Gasteiger partial charge in [0.2, 0.25) is 17.7 Å². The molecule has 1 heterocycles. The minimum atomic E-state index is -0.848. The standard InChI is InChI=1S/C15H25N3O3/c16-14(21)15(8-2-1-3-9-15)17-12(19)6-4-10-18-11-5-7-13(18)20/h1-11H2,(H2,16,21)(H,17,19). The predicted molar refractivity (Wildman–Crippen MR) is 78.2 cm³/mol. The lowest BCUT2D eigenvalue weighted by Crippen LogP contribution is -2.58. The molecule has 2 rings (SSSR count). The third-order valence-electron chi connectivity index (χ3n) is 4.56. The van der Waals surface area contributed by atoms with Gasteiger partial charge < -0.3 is 16.0 Å². The van der Waals surface area contributed by atoms with Gasteiger partial charge in [0.25, 0.3) is 0 Å². The van der Waals surface area contributed by atoms with Gasteiger partial charge in [0, 0.05) is 25.9 Å². The number of hydrogen-bond donors (Lipinski definition) is 2. The van der Waals surface area contributed by atoms with Crippen molar-refractivity contribution < 1.29 is 14.4 Å². The molecule has 1 saturated heterocycles. The number of nitrogens with one attached hydrogen (secondary N) is 1. The highest BCUT2D eigenvalue weighted by molar-refractivity contribution is 5.90. The van der Waals surface area contributed by atoms with E-state index in [2.05, 4.69) is 5.32 Å². The first-order chi connectivity index (χ1) is 10.0. The van der Waals surface area contributed by atoms with E-state index in [0.717, 1.165) is 32.2 Å². The van der Waals surface area contributed by atoms with E-state index in [0.29, 0.717) is 38.6 Å². The van der Waals surface area contributed by atoms with E-state index in [1.165, 1.54) is 0 Å². The molecule has 0 bridgehead atoms. The van der Waals surface area contributed by atoms with Crippen LogP contribution in [0, 0.1) is 0 Å². The quantitative estimate of drug-likeness (QED) is 0.755. The van der Waals surface area contributed by atoms with E-state index in [1.54, 1.807) is 4.90 Å². The molecule has 1 saturated carbocycles. The van der Waals surface area contributed by atoms with Crippen molar-refractivity contribution >= 4 is 17.7 Å². The molecule has 2 fully saturated rings. The Morgan fingerprint density at radius 2 is 1.90 bits per heavy atom. The summed E-state index contributed by atoms with van der Waals surface area (Å²) in [6.45, 7) is 1.42. The molecule has 0 aromatic rings. The number of rotatable bonds is 6. The Labute approximate surface area is 125 Å². The van der Waals surface area contributed by atoms with E-state index in [9.17, 15) is 14.4 Å². The van der Waals surface area contributed by atoms with Crippen molar-refractivity contribution in [3.05, 3.63) is 0 Å². The fraction of sp³-hybridized carbons (Fsp3) is 0.800. The Balaban J connectivity index is 1.77. The van der Waals surface area contributed by atoms with Crippen LogP contribution in [0.4, 0.5) is 0 Å². The van der Waals surface area contributed by atoms with Gasteiger partial charge in [0.15, 0.2) is 0 Å². The minimum absolute atomic E-state index is 0.137. The first kappa shape index (κ1) is 15.8. The Hall–Kier alpha value is -1.59. The number of carbonyl (C=O) groups excluding carboxylic acids is 3. The van der Waals surface area contributed by atoms with Crippen molar-refractivity contribution in [1.29, 1.82) is 0 Å². The van der Waals surface area contributed by atoms with Crippen LogP contribution in [0.3, 0.4) is 0 Å². The van der Waals surface area contributed by atoms with Gasteiger partial charge in [-0.1, -0.05) is 19.3 Å². The summed E-state index contributed by atoms with van der Waals surface area (Å²) in [4.78, 5) is 37.0. The number of carbonyl (C=O) groups is 3. The molecule has 3 amide bonds. The van der Waals surface area contributed by atoms with Gasteiger partial charge >= 0.3 is 0 Å². The maximum atomic E-state index is 12.1. The average molecular weight is 295 g/mol. The summed E-state index contributed by atoms with van der Waals surface area (Å²) in [6, 6.07) is 0. The van der Waals surface area contributed by atoms with Crippen LogP contribution in [0.1, 0.15) is 57.8 Å². The van der Waals surface area contributed by atoms with E-state index in [1.807, 2.05) is 0 Å². The SMILES string of the molecule is NC(=O)C1(NC(=O)CCCN2CCCC2=O)CCCCC1. The van der Waals surface area contributed by atoms with Gasteiger partial charge in [-0.25, -0.2) is 0 Å². The van der Waals surface area contributed by atoms with E-state index < -0.39 is 11.4 Å². The van der Waals surface area contributed by atoms with Gasteiger partial charge in [0.1, 0.15) is 5.54 Å². The number of nitrogens with two attached hydrogens (primary N) is 1. The maximum absolute atomic E-state index is 12.1. The molecule has 1 aliphatic heterocycles. The molecule has 2 aliphatic rings. The second-order valence-electron chi connectivity index (χ2n) is 6.14. The van der Waals surface area contributed by atoms with Crippen LogP contribution in [-0.2, 0) is 14.4 Å². The van der Waals surface area contributed by atoms with Crippen LogP contribution in [0.15, 0.2) is 0 Å². The lowest BCUT2D eigenvalue weighted by molar-refractivity contribution is -0.133. The normalized spacial score (nSPS) is 21.3. The van der Waals surface area contributed by atoms with Gasteiger partial charge in [-0.2, -0.15) is 0 Å². The summed E-state index contributed by atoms with van der Waals surface area (Å²) in [5, 5.41) is 2.85. The predicted octanol–water partition coefficient (Wildman–Crippen LogP) is 0.693. The molecule has 0 aromatic carbocycles. The van der Waals surface area contributed by atoms with Gasteiger partial charge in [0.05, 0.1) is 0 Å². The van der Waals surface area contributed by atoms with Gasteiger partial charge in [-0.3, -0.25) is 14.4 Å². The third kappa shape index (κ3) is 3.95. The van der Waals surface area contributed by atoms with Crippen molar-refractivity contribution in [3.8, 4) is 0 Å². The van der Waals surface area contributed by atoms with Crippen molar-refractivity contribution in [2.45, 2.75) is 63.3 Å². The van der Waals surface area contributed by atoms with Crippen LogP contribution >= 0.6 is 0 Å². The van der Waals surface area contributed by atoms with Crippen molar-refractivity contribution in [3.63, 3.8) is 0 Å². The highest BCUT2D eigenvalue weighted by atomic mass is 16.2. The molecule has 0 aromatic heterocycles. The largest absolute Gasteiger partial charge is 0.368 e. The third-order valence-corrected chi connectivity index (χ3v) is 4.56. The summed E-state index contributed by atoms with van der Waals surface area (Å²) in [7, 11) is 0. The Morgan fingerprint density at radius 1 is 1.19 bits per heavy atom. The second kappa shape index (κ2) is 6.91. The molecule has 6 heteroatoms. The molecule has 0 atom stereocenters. The molecule has 3 N–H and O–H groups in total. The number of nitrogens with zero attached hydrogens (tertiary/aromatic N) is 1. The molecule has 118 valence electrons. The Kier molecular flexibility index (Phi) is 5.20. The zero-order valence-corrected chi connectivity index (χ0v) is 12.5. The number of amides is 3. The maximum Gasteiger partial charge on any atom is 0.243 e. The zero-order chi connectivity index (χ0) is 15.3. The van der Waals surface area contributed by atoms with Crippen molar-refractivity contribution in [2.75, 3.05) is 13.1 Å². The number of hydrogen-bond acceptors (Lipinski definition) is 3. The lowest BCUT2D eigenvalue weighted by Gasteiger charge is -2.35. The van der Waals surface area contributed by atoms with Crippen LogP contribution in [-0.4, -0.2) is 41.2 Å². The van der Waals surface area contributed by atoms with E-state index in [-0.39, 0.29) is 11.8 Å². The van der Waals surface area contributed by atoms with E-state index in [4.69, 9.17) is 5.73 Å². The highest BCUT2D eigenvalue weighted by Gasteiger charge is 2.38. The van der Waals surface area contributed by atoms with Crippen molar-refractivity contribution in [1.82, 2.24) is 10.2 Å². The molecular formula is C15H25N3O3. The average Bonchev–Trinajstić information content (AvgIpc) is 2.85. The fourth-order valence-electron chi connectivity index (χ4n) is 3.29. The summed E-state index contributed by atoms with van der Waals surface area (Å²) >= 11 is 0. The molecule has 0 radical (unpaired) electrons. The summed E-state index contributed by atoms with van der Waals surface area (Å²) in [5.41, 5.74) is 4.64. The first-order valence-corrected chi connectivity index (χ1v) is 7.92.